The van der Waals surface area contributed by atoms with Gasteiger partial charge in [0.2, 0.25) is 11.0 Å². The monoisotopic (exact) mass is 426 g/mol. The van der Waals surface area contributed by atoms with Crippen LogP contribution in [0, 0.1) is 6.92 Å². The van der Waals surface area contributed by atoms with Crippen molar-refractivity contribution in [3.8, 4) is 27.5 Å². The van der Waals surface area contributed by atoms with Gasteiger partial charge in [-0.15, -0.1) is 0 Å². The number of thiazole rings is 1. The second-order valence-corrected chi connectivity index (χ2v) is 7.87. The first-order valence-corrected chi connectivity index (χ1v) is 10.7. The first-order chi connectivity index (χ1) is 14.4. The largest absolute Gasteiger partial charge is 0.494 e. The highest BCUT2D eigenvalue weighted by molar-refractivity contribution is 7.15. The van der Waals surface area contributed by atoms with Crippen LogP contribution in [-0.4, -0.2) is 17.5 Å². The molecule has 0 spiro atoms. The van der Waals surface area contributed by atoms with Gasteiger partial charge in [-0.25, -0.2) is 4.98 Å². The van der Waals surface area contributed by atoms with Gasteiger partial charge < -0.3 is 19.5 Å². The molecule has 0 fully saturated rings. The third-order valence-electron chi connectivity index (χ3n) is 4.30. The second-order valence-electron chi connectivity index (χ2n) is 6.92. The number of nitrogens with zero attached hydrogens (tertiary/aromatic N) is 1. The van der Waals surface area contributed by atoms with E-state index in [0.717, 1.165) is 29.0 Å². The number of benzene rings is 2. The van der Waals surface area contributed by atoms with E-state index in [4.69, 9.17) is 14.2 Å². The van der Waals surface area contributed by atoms with E-state index in [1.54, 1.807) is 6.20 Å². The zero-order valence-corrected chi connectivity index (χ0v) is 18.4. The Morgan fingerprint density at radius 3 is 2.53 bits per heavy atom. The van der Waals surface area contributed by atoms with Gasteiger partial charge in [0.15, 0.2) is 0 Å². The van der Waals surface area contributed by atoms with Crippen molar-refractivity contribution in [2.75, 3.05) is 6.61 Å². The van der Waals surface area contributed by atoms with Gasteiger partial charge in [0.1, 0.15) is 17.2 Å². The molecule has 1 heterocycles. The molecule has 0 saturated heterocycles. The van der Waals surface area contributed by atoms with Gasteiger partial charge in [0.05, 0.1) is 18.8 Å². The number of aromatic nitrogens is 1. The minimum atomic E-state index is -0.0571. The van der Waals surface area contributed by atoms with Gasteiger partial charge >= 0.3 is 0 Å². The number of nitrogens with one attached hydrogen (secondary N) is 1. The molecule has 0 aliphatic heterocycles. The van der Waals surface area contributed by atoms with Crippen LogP contribution in [0.5, 0.6) is 27.5 Å². The molecule has 6 nitrogen and oxygen atoms in total. The molecule has 3 rings (SSSR count). The molecule has 0 saturated carbocycles. The molecule has 1 atom stereocenters. The molecule has 30 heavy (non-hydrogen) atoms. The fourth-order valence-electron chi connectivity index (χ4n) is 2.81. The van der Waals surface area contributed by atoms with Gasteiger partial charge in [-0.1, -0.05) is 19.1 Å². The summed E-state index contributed by atoms with van der Waals surface area (Å²) in [5, 5.41) is 4.00. The van der Waals surface area contributed by atoms with Crippen LogP contribution in [0.4, 0.5) is 0 Å². The number of carbonyl (C=O) groups is 1. The van der Waals surface area contributed by atoms with E-state index < -0.39 is 0 Å². The summed E-state index contributed by atoms with van der Waals surface area (Å²) in [7, 11) is 0. The Morgan fingerprint density at radius 1 is 1.13 bits per heavy atom. The Balaban J connectivity index is 1.61. The molecule has 1 N–H and O–H groups in total. The first-order valence-electron chi connectivity index (χ1n) is 9.86. The summed E-state index contributed by atoms with van der Waals surface area (Å²) in [4.78, 5) is 15.5. The highest BCUT2D eigenvalue weighted by atomic mass is 32.1. The van der Waals surface area contributed by atoms with Crippen molar-refractivity contribution in [2.45, 2.75) is 40.2 Å². The Kier molecular flexibility index (Phi) is 7.30. The van der Waals surface area contributed by atoms with Crippen LogP contribution < -0.4 is 19.5 Å². The number of aryl methyl sites for hydroxylation is 1. The summed E-state index contributed by atoms with van der Waals surface area (Å²) >= 11 is 1.32. The molecule has 1 aromatic heterocycles. The average Bonchev–Trinajstić information content (AvgIpc) is 3.15. The molecule has 0 aliphatic rings. The van der Waals surface area contributed by atoms with Crippen LogP contribution in [0.15, 0.2) is 48.7 Å². The topological polar surface area (TPSA) is 69.7 Å². The lowest BCUT2D eigenvalue weighted by atomic mass is 10.1. The van der Waals surface area contributed by atoms with Crippen LogP contribution in [-0.2, 0) is 4.79 Å². The summed E-state index contributed by atoms with van der Waals surface area (Å²) in [6.45, 7) is 8.19. The Hall–Kier alpha value is -3.06. The van der Waals surface area contributed by atoms with E-state index in [2.05, 4.69) is 17.2 Å². The van der Waals surface area contributed by atoms with Crippen molar-refractivity contribution in [3.05, 3.63) is 59.8 Å². The molecule has 1 amide bonds. The average molecular weight is 427 g/mol. The van der Waals surface area contributed by atoms with Crippen LogP contribution in [0.2, 0.25) is 0 Å². The number of rotatable bonds is 9. The van der Waals surface area contributed by atoms with Crippen LogP contribution in [0.25, 0.3) is 0 Å². The fourth-order valence-corrected chi connectivity index (χ4v) is 3.46. The van der Waals surface area contributed by atoms with Crippen molar-refractivity contribution in [3.63, 3.8) is 0 Å². The number of hydrogen-bond acceptors (Lipinski definition) is 6. The minimum absolute atomic E-state index is 0.0537. The fraction of sp³-hybridized carbons (Fsp3) is 0.304. The molecule has 7 heteroatoms. The molecule has 1 unspecified atom stereocenters. The predicted octanol–water partition coefficient (Wildman–Crippen LogP) is 6.02. The van der Waals surface area contributed by atoms with Gasteiger partial charge in [-0.3, -0.25) is 4.79 Å². The van der Waals surface area contributed by atoms with Gasteiger partial charge in [0, 0.05) is 6.92 Å². The quantitative estimate of drug-likeness (QED) is 0.453. The SMILES string of the molecule is CCCOc1ccc(Oc2ncc(Oc3ccc(C(C)NC(C)=O)cc3)s2)c(C)c1. The van der Waals surface area contributed by atoms with Crippen LogP contribution >= 0.6 is 11.3 Å². The number of hydrogen-bond donors (Lipinski definition) is 1. The highest BCUT2D eigenvalue weighted by Crippen LogP contribution is 2.36. The number of amides is 1. The van der Waals surface area contributed by atoms with Crippen molar-refractivity contribution in [1.82, 2.24) is 10.3 Å². The third kappa shape index (κ3) is 5.97. The first kappa shape index (κ1) is 21.6. The smallest absolute Gasteiger partial charge is 0.282 e. The zero-order valence-electron chi connectivity index (χ0n) is 17.6. The van der Waals surface area contributed by atoms with Crippen molar-refractivity contribution >= 4 is 17.2 Å². The maximum atomic E-state index is 11.2. The summed E-state index contributed by atoms with van der Waals surface area (Å²) in [6.07, 6.45) is 2.61. The Bertz CT molecular complexity index is 985. The van der Waals surface area contributed by atoms with E-state index in [9.17, 15) is 4.79 Å². The molecule has 158 valence electrons. The van der Waals surface area contributed by atoms with E-state index in [1.807, 2.05) is 56.3 Å². The van der Waals surface area contributed by atoms with Gasteiger partial charge in [0.25, 0.3) is 5.19 Å². The molecular formula is C23H26N2O4S. The van der Waals surface area contributed by atoms with Gasteiger partial charge in [-0.2, -0.15) is 0 Å². The Labute approximate surface area is 180 Å². The summed E-state index contributed by atoms with van der Waals surface area (Å²) in [5.74, 6) is 2.20. The van der Waals surface area contributed by atoms with E-state index >= 15 is 0 Å². The zero-order chi connectivity index (χ0) is 21.5. The highest BCUT2D eigenvalue weighted by Gasteiger charge is 2.10. The maximum absolute atomic E-state index is 11.2. The molecule has 2 aromatic carbocycles. The van der Waals surface area contributed by atoms with Gasteiger partial charge in [-0.05, 0) is 73.1 Å². The standard InChI is InChI=1S/C23H26N2O4S/c1-5-12-27-20-10-11-21(15(2)13-20)29-23-24-14-22(30-23)28-19-8-6-18(7-9-19)16(3)25-17(4)26/h6-11,13-14,16H,5,12H2,1-4H3,(H,25,26). The minimum Gasteiger partial charge on any atom is -0.494 e. The van der Waals surface area contributed by atoms with Crippen molar-refractivity contribution in [1.29, 1.82) is 0 Å². The number of ether oxygens (including phenoxy) is 3. The summed E-state index contributed by atoms with van der Waals surface area (Å²) in [6, 6.07) is 13.3. The molecule has 3 aromatic rings. The van der Waals surface area contributed by atoms with Crippen LogP contribution in [0.1, 0.15) is 44.4 Å². The van der Waals surface area contributed by atoms with E-state index in [1.165, 1.54) is 18.3 Å². The molecule has 0 radical (unpaired) electrons. The molecule has 0 aliphatic carbocycles. The van der Waals surface area contributed by atoms with E-state index in [-0.39, 0.29) is 11.9 Å². The molecule has 0 bridgehead atoms. The summed E-state index contributed by atoms with van der Waals surface area (Å²) < 4.78 is 17.4. The number of carbonyl (C=O) groups excluding carboxylic acids is 1. The predicted molar refractivity (Wildman–Crippen MR) is 118 cm³/mol. The lowest BCUT2D eigenvalue weighted by Gasteiger charge is -2.13. The van der Waals surface area contributed by atoms with Crippen molar-refractivity contribution < 1.29 is 19.0 Å². The summed E-state index contributed by atoms with van der Waals surface area (Å²) in [5.41, 5.74) is 1.98. The Morgan fingerprint density at radius 2 is 1.87 bits per heavy atom. The second kappa shape index (κ2) is 10.1. The maximum Gasteiger partial charge on any atom is 0.282 e. The van der Waals surface area contributed by atoms with E-state index in [0.29, 0.717) is 22.6 Å². The lowest BCUT2D eigenvalue weighted by molar-refractivity contribution is -0.119. The third-order valence-corrected chi connectivity index (χ3v) is 5.05. The van der Waals surface area contributed by atoms with Crippen LogP contribution in [0.3, 0.4) is 0 Å². The van der Waals surface area contributed by atoms with Crippen molar-refractivity contribution in [2.24, 2.45) is 0 Å². The lowest BCUT2D eigenvalue weighted by Crippen LogP contribution is -2.23. The normalized spacial score (nSPS) is 11.6. The molecular weight excluding hydrogens is 400 g/mol.